The van der Waals surface area contributed by atoms with E-state index in [9.17, 15) is 34.4 Å². The molecule has 37 heavy (non-hydrogen) atoms. The lowest BCUT2D eigenvalue weighted by Gasteiger charge is -2.24. The highest BCUT2D eigenvalue weighted by Crippen LogP contribution is 2.38. The van der Waals surface area contributed by atoms with Gasteiger partial charge in [0.05, 0.1) is 21.9 Å². The summed E-state index contributed by atoms with van der Waals surface area (Å²) in [5.41, 5.74) is -1.62. The molecule has 6 nitrogen and oxygen atoms in total. The minimum atomic E-state index is -4.98. The van der Waals surface area contributed by atoms with E-state index >= 15 is 0 Å². The fraction of sp³-hybridized carbons (Fsp3) is 0.167. The molecule has 0 fully saturated rings. The number of fused-ring (bicyclic) bond motifs is 1. The monoisotopic (exact) mass is 572 g/mol. The lowest BCUT2D eigenvalue weighted by Crippen LogP contribution is -2.30. The van der Waals surface area contributed by atoms with Gasteiger partial charge < -0.3 is 0 Å². The number of sulfonamides is 2. The number of benzene rings is 3. The molecular weight excluding hydrogens is 552 g/mol. The number of alkyl halides is 3. The van der Waals surface area contributed by atoms with Crippen molar-refractivity contribution in [2.45, 2.75) is 22.5 Å². The number of hydrogen-bond donors (Lipinski definition) is 0. The van der Waals surface area contributed by atoms with Crippen LogP contribution in [0.25, 0.3) is 10.1 Å². The lowest BCUT2D eigenvalue weighted by atomic mass is 10.1. The highest BCUT2D eigenvalue weighted by atomic mass is 32.2. The van der Waals surface area contributed by atoms with Crippen molar-refractivity contribution in [1.82, 2.24) is 4.31 Å². The van der Waals surface area contributed by atoms with Crippen LogP contribution in [0.2, 0.25) is 0 Å². The Balaban J connectivity index is 1.87. The van der Waals surface area contributed by atoms with Gasteiger partial charge in [0.15, 0.2) is 0 Å². The highest BCUT2D eigenvalue weighted by molar-refractivity contribution is 7.93. The van der Waals surface area contributed by atoms with Crippen LogP contribution in [0.4, 0.5) is 22.6 Å². The third-order valence-electron chi connectivity index (χ3n) is 5.49. The van der Waals surface area contributed by atoms with Gasteiger partial charge in [0.2, 0.25) is 10.0 Å². The minimum absolute atomic E-state index is 0.105. The van der Waals surface area contributed by atoms with Gasteiger partial charge in [-0.1, -0.05) is 30.3 Å². The van der Waals surface area contributed by atoms with Crippen LogP contribution in [0.3, 0.4) is 0 Å². The summed E-state index contributed by atoms with van der Waals surface area (Å²) in [5, 5.41) is 0.904. The summed E-state index contributed by atoms with van der Waals surface area (Å²) in [4.78, 5) is -0.637. The fourth-order valence-corrected chi connectivity index (χ4v) is 7.35. The first-order valence-corrected chi connectivity index (χ1v) is 14.3. The van der Waals surface area contributed by atoms with Crippen molar-refractivity contribution in [2.24, 2.45) is 0 Å². The molecular formula is C24H20F4N2O4S3. The Hall–Kier alpha value is -3.00. The predicted octanol–water partition coefficient (Wildman–Crippen LogP) is 5.71. The number of anilines is 1. The van der Waals surface area contributed by atoms with Gasteiger partial charge in [-0.3, -0.25) is 4.31 Å². The first kappa shape index (κ1) is 27.0. The average molecular weight is 573 g/mol. The number of halogens is 4. The van der Waals surface area contributed by atoms with E-state index < -0.39 is 44.1 Å². The van der Waals surface area contributed by atoms with Crippen LogP contribution >= 0.6 is 11.3 Å². The molecule has 1 heterocycles. The van der Waals surface area contributed by atoms with Crippen molar-refractivity contribution >= 4 is 46.5 Å². The maximum Gasteiger partial charge on any atom is 0.419 e. The van der Waals surface area contributed by atoms with E-state index in [1.807, 2.05) is 0 Å². The van der Waals surface area contributed by atoms with Crippen molar-refractivity contribution in [2.75, 3.05) is 18.4 Å². The Morgan fingerprint density at radius 3 is 2.08 bits per heavy atom. The molecule has 0 amide bonds. The standard InChI is InChI=1S/C24H20F4N2O4S3/c1-29(2)36(31,32)18-7-5-8-19(14-18)37(33,34)30(23-13-17-6-3-4-9-22(17)35-23)15-16-10-11-21(25)20(12-16)24(26,27)28/h3-14H,15H2,1-2H3. The maximum atomic E-state index is 13.9. The van der Waals surface area contributed by atoms with Crippen LogP contribution in [-0.4, -0.2) is 35.2 Å². The van der Waals surface area contributed by atoms with Crippen molar-refractivity contribution in [3.63, 3.8) is 0 Å². The van der Waals surface area contributed by atoms with E-state index in [0.29, 0.717) is 17.5 Å². The zero-order valence-electron chi connectivity index (χ0n) is 19.4. The molecule has 0 radical (unpaired) electrons. The van der Waals surface area contributed by atoms with Crippen LogP contribution in [0.5, 0.6) is 0 Å². The minimum Gasteiger partial charge on any atom is -0.253 e. The molecule has 4 rings (SSSR count). The summed E-state index contributed by atoms with van der Waals surface area (Å²) >= 11 is 1.10. The van der Waals surface area contributed by atoms with Gasteiger partial charge in [0.1, 0.15) is 10.8 Å². The van der Waals surface area contributed by atoms with Crippen molar-refractivity contribution in [3.05, 3.63) is 89.7 Å². The van der Waals surface area contributed by atoms with Gasteiger partial charge in [0.25, 0.3) is 10.0 Å². The van der Waals surface area contributed by atoms with Crippen LogP contribution in [0.1, 0.15) is 11.1 Å². The van der Waals surface area contributed by atoms with E-state index in [-0.39, 0.29) is 20.4 Å². The zero-order valence-corrected chi connectivity index (χ0v) is 21.8. The molecule has 13 heteroatoms. The van der Waals surface area contributed by atoms with Gasteiger partial charge in [-0.25, -0.2) is 25.5 Å². The molecule has 0 atom stereocenters. The van der Waals surface area contributed by atoms with Gasteiger partial charge in [-0.2, -0.15) is 13.2 Å². The van der Waals surface area contributed by atoms with Crippen LogP contribution in [-0.2, 0) is 32.8 Å². The molecule has 196 valence electrons. The van der Waals surface area contributed by atoms with Crippen LogP contribution in [0, 0.1) is 5.82 Å². The summed E-state index contributed by atoms with van der Waals surface area (Å²) in [6.45, 7) is -0.552. The lowest BCUT2D eigenvalue weighted by molar-refractivity contribution is -0.140. The van der Waals surface area contributed by atoms with Crippen molar-refractivity contribution in [3.8, 4) is 0 Å². The SMILES string of the molecule is CN(C)S(=O)(=O)c1cccc(S(=O)(=O)N(Cc2ccc(F)c(C(F)(F)F)c2)c2cc3ccccc3s2)c1. The van der Waals surface area contributed by atoms with Gasteiger partial charge >= 0.3 is 6.18 Å². The molecule has 1 aromatic heterocycles. The van der Waals surface area contributed by atoms with E-state index in [4.69, 9.17) is 0 Å². The Kier molecular flexibility index (Phi) is 7.10. The van der Waals surface area contributed by atoms with Crippen molar-refractivity contribution in [1.29, 1.82) is 0 Å². The largest absolute Gasteiger partial charge is 0.419 e. The van der Waals surface area contributed by atoms with Crippen LogP contribution in [0.15, 0.2) is 82.6 Å². The fourth-order valence-electron chi connectivity index (χ4n) is 3.56. The second-order valence-corrected chi connectivity index (χ2v) is 13.3. The third kappa shape index (κ3) is 5.35. The molecule has 0 aliphatic carbocycles. The summed E-state index contributed by atoms with van der Waals surface area (Å²) in [5.74, 6) is -1.48. The maximum absolute atomic E-state index is 13.9. The van der Waals surface area contributed by atoms with Crippen molar-refractivity contribution < 1.29 is 34.4 Å². The normalized spacial score (nSPS) is 12.8. The quantitative estimate of drug-likeness (QED) is 0.266. The Bertz CT molecular complexity index is 1650. The summed E-state index contributed by atoms with van der Waals surface area (Å²) in [6.07, 6.45) is -4.98. The first-order valence-electron chi connectivity index (χ1n) is 10.6. The van der Waals surface area contributed by atoms with Gasteiger partial charge in [0, 0.05) is 18.8 Å². The second-order valence-electron chi connectivity index (χ2n) is 8.21. The molecule has 0 spiro atoms. The molecule has 0 saturated heterocycles. The Morgan fingerprint density at radius 1 is 0.811 bits per heavy atom. The first-order chi connectivity index (χ1) is 17.2. The highest BCUT2D eigenvalue weighted by Gasteiger charge is 2.35. The summed E-state index contributed by atoms with van der Waals surface area (Å²) in [7, 11) is -5.85. The van der Waals surface area contributed by atoms with E-state index in [1.54, 1.807) is 30.3 Å². The third-order valence-corrected chi connectivity index (χ3v) is 10.3. The molecule has 0 saturated carbocycles. The zero-order chi connectivity index (χ0) is 27.2. The summed E-state index contributed by atoms with van der Waals surface area (Å²) in [6, 6.07) is 15.6. The topological polar surface area (TPSA) is 74.8 Å². The Morgan fingerprint density at radius 2 is 1.46 bits per heavy atom. The van der Waals surface area contributed by atoms with E-state index in [2.05, 4.69) is 0 Å². The average Bonchev–Trinajstić information content (AvgIpc) is 3.26. The predicted molar refractivity (Wildman–Crippen MR) is 134 cm³/mol. The molecule has 4 aromatic rings. The molecule has 0 aliphatic rings. The molecule has 3 aromatic carbocycles. The molecule has 0 N–H and O–H groups in total. The van der Waals surface area contributed by atoms with E-state index in [0.717, 1.165) is 36.8 Å². The molecule has 0 unspecified atom stereocenters. The number of hydrogen-bond acceptors (Lipinski definition) is 5. The second kappa shape index (κ2) is 9.71. The van der Waals surface area contributed by atoms with Crippen LogP contribution < -0.4 is 4.31 Å². The number of rotatable bonds is 7. The molecule has 0 bridgehead atoms. The van der Waals surface area contributed by atoms with Gasteiger partial charge in [-0.15, -0.1) is 11.3 Å². The van der Waals surface area contributed by atoms with Gasteiger partial charge in [-0.05, 0) is 53.4 Å². The number of nitrogens with zero attached hydrogens (tertiary/aromatic N) is 2. The number of thiophene rings is 1. The molecule has 0 aliphatic heterocycles. The Labute approximate surface area is 215 Å². The smallest absolute Gasteiger partial charge is 0.253 e. The summed E-state index contributed by atoms with van der Waals surface area (Å²) < 4.78 is 109. The van der Waals surface area contributed by atoms with E-state index in [1.165, 1.54) is 32.3 Å².